The third kappa shape index (κ3) is 3.95. The standard InChI is InChI=1S/C19H25N5O3/c1-3-23-10-4-5-15(23)11-21-18(25)13-6-8-14(9-7-13)24-17(20)16(12-22-24)19(26)27-2/h6-9,12,15H,3-5,10-11,20H2,1-2H3,(H,21,25)/t15-/m0/s1. The summed E-state index contributed by atoms with van der Waals surface area (Å²) in [7, 11) is 1.29. The summed E-state index contributed by atoms with van der Waals surface area (Å²) in [5.41, 5.74) is 7.40. The van der Waals surface area contributed by atoms with E-state index in [9.17, 15) is 9.59 Å². The van der Waals surface area contributed by atoms with Crippen LogP contribution in [0.2, 0.25) is 0 Å². The van der Waals surface area contributed by atoms with Gasteiger partial charge in [-0.1, -0.05) is 6.92 Å². The molecule has 1 aromatic heterocycles. The summed E-state index contributed by atoms with van der Waals surface area (Å²) in [6.07, 6.45) is 3.67. The lowest BCUT2D eigenvalue weighted by molar-refractivity contribution is 0.0601. The van der Waals surface area contributed by atoms with Gasteiger partial charge in [0.25, 0.3) is 5.91 Å². The summed E-state index contributed by atoms with van der Waals surface area (Å²) in [5, 5.41) is 7.13. The van der Waals surface area contributed by atoms with Gasteiger partial charge in [-0.3, -0.25) is 9.69 Å². The molecule has 1 aliphatic rings. The number of carbonyl (C=O) groups is 2. The molecule has 1 saturated heterocycles. The Labute approximate surface area is 158 Å². The van der Waals surface area contributed by atoms with E-state index in [4.69, 9.17) is 5.73 Å². The lowest BCUT2D eigenvalue weighted by Crippen LogP contribution is -2.40. The fourth-order valence-corrected chi connectivity index (χ4v) is 3.44. The highest BCUT2D eigenvalue weighted by molar-refractivity contribution is 5.95. The number of nitrogens with one attached hydrogen (secondary N) is 1. The van der Waals surface area contributed by atoms with Crippen molar-refractivity contribution in [2.75, 3.05) is 32.5 Å². The van der Waals surface area contributed by atoms with Gasteiger partial charge in [0, 0.05) is 18.2 Å². The Kier molecular flexibility index (Phi) is 5.75. The number of aromatic nitrogens is 2. The molecule has 0 unspecified atom stereocenters. The molecule has 27 heavy (non-hydrogen) atoms. The molecule has 144 valence electrons. The molecule has 2 aromatic rings. The Balaban J connectivity index is 1.66. The highest BCUT2D eigenvalue weighted by Crippen LogP contribution is 2.19. The van der Waals surface area contributed by atoms with Gasteiger partial charge >= 0.3 is 5.97 Å². The zero-order valence-corrected chi connectivity index (χ0v) is 15.6. The van der Waals surface area contributed by atoms with Crippen LogP contribution in [0.3, 0.4) is 0 Å². The number of esters is 1. The minimum absolute atomic E-state index is 0.104. The van der Waals surface area contributed by atoms with Crippen LogP contribution in [0.1, 0.15) is 40.5 Å². The predicted octanol–water partition coefficient (Wildman–Crippen LogP) is 1.46. The van der Waals surface area contributed by atoms with Gasteiger partial charge in [-0.2, -0.15) is 5.10 Å². The molecule has 0 spiro atoms. The van der Waals surface area contributed by atoms with Crippen molar-refractivity contribution in [3.8, 4) is 5.69 Å². The van der Waals surface area contributed by atoms with Crippen LogP contribution in [0.25, 0.3) is 5.69 Å². The maximum absolute atomic E-state index is 12.4. The first kappa shape index (κ1) is 18.9. The zero-order chi connectivity index (χ0) is 19.4. The Morgan fingerprint density at radius 3 is 2.74 bits per heavy atom. The van der Waals surface area contributed by atoms with E-state index in [0.29, 0.717) is 23.8 Å². The fraction of sp³-hybridized carbons (Fsp3) is 0.421. The van der Waals surface area contributed by atoms with Crippen molar-refractivity contribution < 1.29 is 14.3 Å². The van der Waals surface area contributed by atoms with Crippen molar-refractivity contribution in [1.82, 2.24) is 20.0 Å². The first-order chi connectivity index (χ1) is 13.0. The molecule has 0 bridgehead atoms. The number of rotatable bonds is 6. The third-order valence-corrected chi connectivity index (χ3v) is 4.99. The van der Waals surface area contributed by atoms with Gasteiger partial charge in [-0.05, 0) is 50.2 Å². The topological polar surface area (TPSA) is 102 Å². The molecule has 1 amide bonds. The number of likely N-dealkylation sites (tertiary alicyclic amines) is 1. The number of likely N-dealkylation sites (N-methyl/N-ethyl adjacent to an activating group) is 1. The molecule has 1 aromatic carbocycles. The van der Waals surface area contributed by atoms with Crippen LogP contribution in [0.5, 0.6) is 0 Å². The van der Waals surface area contributed by atoms with Crippen LogP contribution in [0.15, 0.2) is 30.5 Å². The number of ether oxygens (including phenoxy) is 1. The maximum Gasteiger partial charge on any atom is 0.343 e. The van der Waals surface area contributed by atoms with E-state index in [1.807, 2.05) is 0 Å². The number of carbonyl (C=O) groups excluding carboxylic acids is 2. The fourth-order valence-electron chi connectivity index (χ4n) is 3.44. The van der Waals surface area contributed by atoms with Crippen LogP contribution >= 0.6 is 0 Å². The van der Waals surface area contributed by atoms with Gasteiger partial charge in [0.2, 0.25) is 0 Å². The predicted molar refractivity (Wildman–Crippen MR) is 102 cm³/mol. The van der Waals surface area contributed by atoms with Crippen LogP contribution in [-0.4, -0.2) is 59.3 Å². The maximum atomic E-state index is 12.4. The van der Waals surface area contributed by atoms with Gasteiger partial charge in [-0.15, -0.1) is 0 Å². The number of hydrogen-bond donors (Lipinski definition) is 2. The second kappa shape index (κ2) is 8.22. The summed E-state index contributed by atoms with van der Waals surface area (Å²) < 4.78 is 6.11. The Hall–Kier alpha value is -2.87. The van der Waals surface area contributed by atoms with E-state index in [-0.39, 0.29) is 17.3 Å². The van der Waals surface area contributed by atoms with Gasteiger partial charge in [0.05, 0.1) is 19.0 Å². The molecule has 8 heteroatoms. The van der Waals surface area contributed by atoms with Crippen molar-refractivity contribution in [3.05, 3.63) is 41.6 Å². The van der Waals surface area contributed by atoms with Crippen LogP contribution in [0.4, 0.5) is 5.82 Å². The van der Waals surface area contributed by atoms with E-state index < -0.39 is 5.97 Å². The summed E-state index contributed by atoms with van der Waals surface area (Å²) in [5.74, 6) is -0.448. The second-order valence-corrected chi connectivity index (χ2v) is 6.53. The van der Waals surface area contributed by atoms with Crippen molar-refractivity contribution in [3.63, 3.8) is 0 Å². The average Bonchev–Trinajstić information content (AvgIpc) is 3.31. The number of anilines is 1. The lowest BCUT2D eigenvalue weighted by Gasteiger charge is -2.22. The van der Waals surface area contributed by atoms with E-state index >= 15 is 0 Å². The summed E-state index contributed by atoms with van der Waals surface area (Å²) >= 11 is 0. The van der Waals surface area contributed by atoms with E-state index in [2.05, 4.69) is 27.0 Å². The molecule has 1 atom stereocenters. The van der Waals surface area contributed by atoms with Crippen molar-refractivity contribution in [1.29, 1.82) is 0 Å². The van der Waals surface area contributed by atoms with Crippen LogP contribution in [-0.2, 0) is 4.74 Å². The molecule has 0 saturated carbocycles. The summed E-state index contributed by atoms with van der Waals surface area (Å²) in [4.78, 5) is 26.4. The molecule has 0 radical (unpaired) electrons. The molecule has 1 aliphatic heterocycles. The van der Waals surface area contributed by atoms with Gasteiger partial charge in [0.15, 0.2) is 0 Å². The third-order valence-electron chi connectivity index (χ3n) is 4.99. The molecule has 0 aliphatic carbocycles. The quantitative estimate of drug-likeness (QED) is 0.745. The van der Waals surface area contributed by atoms with Gasteiger partial charge < -0.3 is 15.8 Å². The number of benzene rings is 1. The normalized spacial score (nSPS) is 17.0. The first-order valence-electron chi connectivity index (χ1n) is 9.09. The van der Waals surface area contributed by atoms with Gasteiger partial charge in [0.1, 0.15) is 11.4 Å². The smallest absolute Gasteiger partial charge is 0.343 e. The largest absolute Gasteiger partial charge is 0.465 e. The lowest BCUT2D eigenvalue weighted by atomic mass is 10.1. The Morgan fingerprint density at radius 2 is 2.07 bits per heavy atom. The van der Waals surface area contributed by atoms with E-state index in [0.717, 1.165) is 19.5 Å². The number of methoxy groups -OCH3 is 1. The number of nitrogens with zero attached hydrogens (tertiary/aromatic N) is 3. The van der Waals surface area contributed by atoms with E-state index in [1.54, 1.807) is 24.3 Å². The number of hydrogen-bond acceptors (Lipinski definition) is 6. The summed E-state index contributed by atoms with van der Waals surface area (Å²) in [6.45, 7) is 4.91. The minimum atomic E-state index is -0.539. The molecule has 3 rings (SSSR count). The average molecular weight is 371 g/mol. The molecule has 2 heterocycles. The van der Waals surface area contributed by atoms with Crippen LogP contribution in [0, 0.1) is 0 Å². The highest BCUT2D eigenvalue weighted by atomic mass is 16.5. The number of amides is 1. The molecule has 8 nitrogen and oxygen atoms in total. The van der Waals surface area contributed by atoms with E-state index in [1.165, 1.54) is 24.4 Å². The monoisotopic (exact) mass is 371 g/mol. The molecule has 3 N–H and O–H groups in total. The molecular weight excluding hydrogens is 346 g/mol. The SMILES string of the molecule is CCN1CCC[C@H]1CNC(=O)c1ccc(-n2ncc(C(=O)OC)c2N)cc1. The van der Waals surface area contributed by atoms with Crippen molar-refractivity contribution >= 4 is 17.7 Å². The van der Waals surface area contributed by atoms with Crippen molar-refractivity contribution in [2.45, 2.75) is 25.8 Å². The Morgan fingerprint density at radius 1 is 1.33 bits per heavy atom. The van der Waals surface area contributed by atoms with Gasteiger partial charge in [-0.25, -0.2) is 9.48 Å². The molecule has 1 fully saturated rings. The first-order valence-corrected chi connectivity index (χ1v) is 9.09. The number of nitrogens with two attached hydrogens (primary N) is 1. The molecular formula is C19H25N5O3. The number of nitrogen functional groups attached to an aromatic ring is 1. The van der Waals surface area contributed by atoms with Crippen molar-refractivity contribution in [2.24, 2.45) is 0 Å². The Bertz CT molecular complexity index is 815. The van der Waals surface area contributed by atoms with Crippen LogP contribution < -0.4 is 11.1 Å². The minimum Gasteiger partial charge on any atom is -0.465 e. The summed E-state index contributed by atoms with van der Waals surface area (Å²) in [6, 6.07) is 7.34. The second-order valence-electron chi connectivity index (χ2n) is 6.53. The zero-order valence-electron chi connectivity index (χ0n) is 15.6. The highest BCUT2D eigenvalue weighted by Gasteiger charge is 2.23.